The molecule has 2 aliphatic rings. The average molecular weight is 374 g/mol. The first-order valence-electron chi connectivity index (χ1n) is 10.4. The maximum absolute atomic E-state index is 5.99. The van der Waals surface area contributed by atoms with Crippen LogP contribution in [0.4, 0.5) is 0 Å². The van der Waals surface area contributed by atoms with Crippen molar-refractivity contribution in [1.82, 2.24) is 10.6 Å². The molecule has 5 nitrogen and oxygen atoms in total. The summed E-state index contributed by atoms with van der Waals surface area (Å²) < 4.78 is 11.4. The zero-order valence-electron chi connectivity index (χ0n) is 16.9. The minimum atomic E-state index is 0.344. The number of aliphatic imine (C=N–C) groups is 1. The van der Waals surface area contributed by atoms with E-state index in [1.54, 1.807) is 0 Å². The molecule has 0 radical (unpaired) electrons. The lowest BCUT2D eigenvalue weighted by atomic mass is 9.67. The average Bonchev–Trinajstić information content (AvgIpc) is 2.69. The van der Waals surface area contributed by atoms with Gasteiger partial charge in [0.2, 0.25) is 0 Å². The molecule has 1 aromatic carbocycles. The van der Waals surface area contributed by atoms with E-state index >= 15 is 0 Å². The third-order valence-electron chi connectivity index (χ3n) is 6.16. The highest BCUT2D eigenvalue weighted by atomic mass is 16.5. The molecule has 1 aliphatic carbocycles. The molecule has 0 amide bonds. The number of hydrogen-bond acceptors (Lipinski definition) is 3. The fourth-order valence-corrected chi connectivity index (χ4v) is 3.82. The molecule has 3 rings (SSSR count). The second-order valence-corrected chi connectivity index (χ2v) is 7.93. The van der Waals surface area contributed by atoms with Crippen molar-refractivity contribution in [2.45, 2.75) is 64.7 Å². The van der Waals surface area contributed by atoms with Crippen LogP contribution in [0.15, 0.2) is 29.3 Å². The summed E-state index contributed by atoms with van der Waals surface area (Å²) in [7, 11) is 1.84. The molecule has 0 spiro atoms. The van der Waals surface area contributed by atoms with Gasteiger partial charge in [-0.1, -0.05) is 37.6 Å². The summed E-state index contributed by atoms with van der Waals surface area (Å²) in [5.74, 6) is 0.890. The van der Waals surface area contributed by atoms with Crippen LogP contribution in [0, 0.1) is 5.41 Å². The van der Waals surface area contributed by atoms with Crippen LogP contribution in [0.2, 0.25) is 0 Å². The number of nitrogens with one attached hydrogen (secondary N) is 2. The maximum Gasteiger partial charge on any atom is 0.191 e. The van der Waals surface area contributed by atoms with Gasteiger partial charge in [0.05, 0.1) is 12.7 Å². The first-order chi connectivity index (χ1) is 13.2. The number of rotatable bonds is 8. The van der Waals surface area contributed by atoms with Gasteiger partial charge in [-0.2, -0.15) is 0 Å². The Bertz CT molecular complexity index is 585. The quantitative estimate of drug-likeness (QED) is 0.540. The molecule has 2 N–H and O–H groups in total. The van der Waals surface area contributed by atoms with Gasteiger partial charge < -0.3 is 20.1 Å². The number of benzene rings is 1. The smallest absolute Gasteiger partial charge is 0.191 e. The highest BCUT2D eigenvalue weighted by molar-refractivity contribution is 5.79. The van der Waals surface area contributed by atoms with E-state index in [0.717, 1.165) is 45.1 Å². The Balaban J connectivity index is 1.39. The predicted octanol–water partition coefficient (Wildman–Crippen LogP) is 3.63. The zero-order valence-corrected chi connectivity index (χ0v) is 16.9. The molecule has 0 unspecified atom stereocenters. The van der Waals surface area contributed by atoms with E-state index in [1.165, 1.54) is 36.8 Å². The first kappa shape index (κ1) is 20.2. The van der Waals surface area contributed by atoms with Crippen LogP contribution in [0.3, 0.4) is 0 Å². The van der Waals surface area contributed by atoms with Gasteiger partial charge in [0.15, 0.2) is 5.96 Å². The number of guanidine groups is 1. The van der Waals surface area contributed by atoms with Gasteiger partial charge in [-0.3, -0.25) is 4.99 Å². The van der Waals surface area contributed by atoms with E-state index in [2.05, 4.69) is 46.8 Å². The van der Waals surface area contributed by atoms with E-state index in [9.17, 15) is 0 Å². The van der Waals surface area contributed by atoms with Gasteiger partial charge in [0.25, 0.3) is 0 Å². The maximum atomic E-state index is 5.99. The summed E-state index contributed by atoms with van der Waals surface area (Å²) >= 11 is 0. The van der Waals surface area contributed by atoms with Gasteiger partial charge in [-0.05, 0) is 48.6 Å². The van der Waals surface area contributed by atoms with Gasteiger partial charge in [-0.15, -0.1) is 0 Å². The van der Waals surface area contributed by atoms with E-state index < -0.39 is 0 Å². The Morgan fingerprint density at radius 3 is 2.44 bits per heavy atom. The summed E-state index contributed by atoms with van der Waals surface area (Å²) in [6, 6.07) is 8.66. The molecule has 1 saturated heterocycles. The second-order valence-electron chi connectivity index (χ2n) is 7.93. The van der Waals surface area contributed by atoms with Crippen molar-refractivity contribution < 1.29 is 9.47 Å². The van der Waals surface area contributed by atoms with Crippen molar-refractivity contribution in [2.75, 3.05) is 26.8 Å². The van der Waals surface area contributed by atoms with Crippen LogP contribution < -0.4 is 10.6 Å². The van der Waals surface area contributed by atoms with Crippen molar-refractivity contribution >= 4 is 5.96 Å². The van der Waals surface area contributed by atoms with Crippen molar-refractivity contribution in [3.63, 3.8) is 0 Å². The van der Waals surface area contributed by atoms with Crippen molar-refractivity contribution in [3.8, 4) is 0 Å². The fraction of sp³-hybridized carbons (Fsp3) is 0.682. The molecule has 150 valence electrons. The molecule has 27 heavy (non-hydrogen) atoms. The molecule has 1 saturated carbocycles. The normalized spacial score (nSPS) is 20.1. The van der Waals surface area contributed by atoms with Crippen LogP contribution >= 0.6 is 0 Å². The molecule has 1 heterocycles. The number of ether oxygens (including phenoxy) is 2. The fourth-order valence-electron chi connectivity index (χ4n) is 3.82. The Kier molecular flexibility index (Phi) is 7.53. The monoisotopic (exact) mass is 373 g/mol. The van der Waals surface area contributed by atoms with Crippen molar-refractivity contribution in [1.29, 1.82) is 0 Å². The largest absolute Gasteiger partial charge is 0.381 e. The predicted molar refractivity (Wildman–Crippen MR) is 110 cm³/mol. The van der Waals surface area contributed by atoms with E-state index in [4.69, 9.17) is 9.47 Å². The van der Waals surface area contributed by atoms with Gasteiger partial charge >= 0.3 is 0 Å². The first-order valence-corrected chi connectivity index (χ1v) is 10.4. The zero-order chi connectivity index (χ0) is 19.0. The Morgan fingerprint density at radius 2 is 1.85 bits per heavy atom. The molecule has 1 aromatic rings. The van der Waals surface area contributed by atoms with Crippen molar-refractivity contribution in [3.05, 3.63) is 35.4 Å². The van der Waals surface area contributed by atoms with Crippen LogP contribution in [0.25, 0.3) is 0 Å². The molecule has 5 heteroatoms. The molecular formula is C22H35N3O2. The Labute approximate surface area is 163 Å². The highest BCUT2D eigenvalue weighted by Gasteiger charge is 2.34. The van der Waals surface area contributed by atoms with Crippen LogP contribution in [0.1, 0.15) is 56.6 Å². The third kappa shape index (κ3) is 5.94. The molecule has 0 aromatic heterocycles. The molecular weight excluding hydrogens is 338 g/mol. The summed E-state index contributed by atoms with van der Waals surface area (Å²) in [6.45, 7) is 6.42. The summed E-state index contributed by atoms with van der Waals surface area (Å²) in [4.78, 5) is 4.36. The second kappa shape index (κ2) is 10.1. The Hall–Kier alpha value is -1.59. The van der Waals surface area contributed by atoms with Crippen molar-refractivity contribution in [2.24, 2.45) is 10.4 Å². The van der Waals surface area contributed by atoms with Gasteiger partial charge in [-0.25, -0.2) is 0 Å². The minimum Gasteiger partial charge on any atom is -0.381 e. The summed E-state index contributed by atoms with van der Waals surface area (Å²) in [5, 5.41) is 6.94. The Morgan fingerprint density at radius 1 is 1.15 bits per heavy atom. The lowest BCUT2D eigenvalue weighted by molar-refractivity contribution is -0.0390. The van der Waals surface area contributed by atoms with Crippen LogP contribution in [-0.4, -0.2) is 38.9 Å². The lowest BCUT2D eigenvalue weighted by Gasteiger charge is -2.41. The standard InChI is InChI=1S/C22H35N3O2/c1-3-22(11-4-12-22)17-25-21(23-2)24-15-18-5-7-19(8-6-18)16-27-20-9-13-26-14-10-20/h5-8,20H,3-4,9-17H2,1-2H3,(H2,23,24,25). The topological polar surface area (TPSA) is 54.9 Å². The summed E-state index contributed by atoms with van der Waals surface area (Å²) in [5.41, 5.74) is 2.97. The van der Waals surface area contributed by atoms with E-state index in [1.807, 2.05) is 7.05 Å². The SMILES string of the molecule is CCC1(CNC(=NC)NCc2ccc(COC3CCOCC3)cc2)CCC1. The lowest BCUT2D eigenvalue weighted by Crippen LogP contribution is -2.46. The van der Waals surface area contributed by atoms with Crippen LogP contribution in [0.5, 0.6) is 0 Å². The molecule has 0 atom stereocenters. The van der Waals surface area contributed by atoms with Gasteiger partial charge in [0, 0.05) is 33.4 Å². The number of nitrogens with zero attached hydrogens (tertiary/aromatic N) is 1. The highest BCUT2D eigenvalue weighted by Crippen LogP contribution is 2.42. The number of hydrogen-bond donors (Lipinski definition) is 2. The molecule has 1 aliphatic heterocycles. The summed E-state index contributed by atoms with van der Waals surface area (Å²) in [6.07, 6.45) is 7.65. The third-order valence-corrected chi connectivity index (χ3v) is 6.16. The van der Waals surface area contributed by atoms with E-state index in [-0.39, 0.29) is 0 Å². The molecule has 2 fully saturated rings. The van der Waals surface area contributed by atoms with Gasteiger partial charge in [0.1, 0.15) is 0 Å². The minimum absolute atomic E-state index is 0.344. The van der Waals surface area contributed by atoms with E-state index in [0.29, 0.717) is 18.1 Å². The van der Waals surface area contributed by atoms with Crippen LogP contribution in [-0.2, 0) is 22.6 Å². The molecule has 0 bridgehead atoms.